The molecule has 28 heavy (non-hydrogen) atoms. The van der Waals surface area contributed by atoms with Gasteiger partial charge in [0.2, 0.25) is 0 Å². The van der Waals surface area contributed by atoms with Crippen LogP contribution in [0, 0.1) is 5.82 Å². The quantitative estimate of drug-likeness (QED) is 0.821. The molecule has 8 heteroatoms. The van der Waals surface area contributed by atoms with Gasteiger partial charge in [0, 0.05) is 24.6 Å². The first-order valence-corrected chi connectivity index (χ1v) is 9.11. The molecule has 6 nitrogen and oxygen atoms in total. The Morgan fingerprint density at radius 1 is 1.18 bits per heavy atom. The summed E-state index contributed by atoms with van der Waals surface area (Å²) >= 11 is 5.75. The number of carbonyl (C=O) groups is 1. The second-order valence-electron chi connectivity index (χ2n) is 6.41. The molecular formula is C20H21ClFNO5. The molecule has 1 aliphatic heterocycles. The van der Waals surface area contributed by atoms with Crippen LogP contribution in [0.25, 0.3) is 0 Å². The third kappa shape index (κ3) is 4.31. The summed E-state index contributed by atoms with van der Waals surface area (Å²) in [7, 11) is 3.07. The number of piperidine rings is 1. The topological polar surface area (TPSA) is 68.2 Å². The Labute approximate surface area is 167 Å². The summed E-state index contributed by atoms with van der Waals surface area (Å²) in [6.45, 7) is 0.495. The number of hydrogen-bond donors (Lipinski definition) is 1. The third-order valence-electron chi connectivity index (χ3n) is 4.62. The molecule has 3 rings (SSSR count). The van der Waals surface area contributed by atoms with Crippen molar-refractivity contribution in [2.24, 2.45) is 0 Å². The molecule has 0 radical (unpaired) electrons. The van der Waals surface area contributed by atoms with Crippen LogP contribution in [0.2, 0.25) is 5.02 Å². The number of β-amino-alcohol motifs (C(OH)–C–C–N with tert-alkyl or cyclic N) is 1. The minimum absolute atomic E-state index is 0.103. The Balaban J connectivity index is 1.65. The summed E-state index contributed by atoms with van der Waals surface area (Å²) < 4.78 is 29.6. The average Bonchev–Trinajstić information content (AvgIpc) is 2.70. The molecule has 0 aromatic heterocycles. The predicted octanol–water partition coefficient (Wildman–Crippen LogP) is 3.15. The van der Waals surface area contributed by atoms with E-state index >= 15 is 0 Å². The van der Waals surface area contributed by atoms with Crippen LogP contribution in [-0.4, -0.2) is 55.4 Å². The summed E-state index contributed by atoms with van der Waals surface area (Å²) in [6, 6.07) is 8.95. The Kier molecular flexibility index (Phi) is 6.26. The normalized spacial score (nSPS) is 19.2. The highest BCUT2D eigenvalue weighted by atomic mass is 35.5. The van der Waals surface area contributed by atoms with Gasteiger partial charge in [0.05, 0.1) is 25.8 Å². The minimum atomic E-state index is -0.873. The largest absolute Gasteiger partial charge is 0.493 e. The zero-order valence-electron chi connectivity index (χ0n) is 15.5. The lowest BCUT2D eigenvalue weighted by molar-refractivity contribution is -0.0199. The highest BCUT2D eigenvalue weighted by Crippen LogP contribution is 2.32. The standard InChI is InChI=1S/C20H21ClFNO5/c1-26-18-6-4-13(10-19(18)27-2)28-17-7-8-23(11-16(17)24)20(25)12-3-5-15(22)14(21)9-12/h3-6,9-10,16-17,24H,7-8,11H2,1-2H3/t16-,17-/m1/s1. The number of amides is 1. The maximum absolute atomic E-state index is 13.3. The fraction of sp³-hybridized carbons (Fsp3) is 0.350. The third-order valence-corrected chi connectivity index (χ3v) is 4.91. The van der Waals surface area contributed by atoms with Crippen molar-refractivity contribution in [1.29, 1.82) is 0 Å². The highest BCUT2D eigenvalue weighted by molar-refractivity contribution is 6.31. The van der Waals surface area contributed by atoms with Crippen molar-refractivity contribution < 1.29 is 28.5 Å². The molecule has 0 unspecified atom stereocenters. The maximum atomic E-state index is 13.3. The second kappa shape index (κ2) is 8.67. The zero-order valence-corrected chi connectivity index (χ0v) is 16.3. The van der Waals surface area contributed by atoms with Gasteiger partial charge in [-0.2, -0.15) is 0 Å². The first kappa shape index (κ1) is 20.2. The van der Waals surface area contributed by atoms with Crippen LogP contribution in [0.15, 0.2) is 36.4 Å². The van der Waals surface area contributed by atoms with Crippen LogP contribution in [-0.2, 0) is 0 Å². The lowest BCUT2D eigenvalue weighted by atomic mass is 10.0. The van der Waals surface area contributed by atoms with Crippen molar-refractivity contribution in [1.82, 2.24) is 4.90 Å². The summed E-state index contributed by atoms with van der Waals surface area (Å²) in [5.41, 5.74) is 0.276. The van der Waals surface area contributed by atoms with Gasteiger partial charge in [-0.15, -0.1) is 0 Å². The van der Waals surface area contributed by atoms with Crippen LogP contribution in [0.5, 0.6) is 17.2 Å². The number of carbonyl (C=O) groups excluding carboxylic acids is 1. The van der Waals surface area contributed by atoms with Crippen molar-refractivity contribution in [3.05, 3.63) is 52.8 Å². The van der Waals surface area contributed by atoms with E-state index in [-0.39, 0.29) is 23.0 Å². The van der Waals surface area contributed by atoms with Gasteiger partial charge < -0.3 is 24.2 Å². The number of halogens is 2. The van der Waals surface area contributed by atoms with Crippen LogP contribution in [0.1, 0.15) is 16.8 Å². The first-order chi connectivity index (χ1) is 13.4. The van der Waals surface area contributed by atoms with Gasteiger partial charge in [-0.3, -0.25) is 4.79 Å². The van der Waals surface area contributed by atoms with E-state index in [2.05, 4.69) is 0 Å². The lowest BCUT2D eigenvalue weighted by Gasteiger charge is -2.36. The Hall–Kier alpha value is -2.51. The van der Waals surface area contributed by atoms with Crippen LogP contribution in [0.4, 0.5) is 4.39 Å². The van der Waals surface area contributed by atoms with E-state index in [1.807, 2.05) is 0 Å². The van der Waals surface area contributed by atoms with Gasteiger partial charge in [-0.25, -0.2) is 4.39 Å². The first-order valence-electron chi connectivity index (χ1n) is 8.74. The molecule has 2 aromatic rings. The SMILES string of the molecule is COc1ccc(O[C@@H]2CCN(C(=O)c3ccc(F)c(Cl)c3)C[C@H]2O)cc1OC. The van der Waals surface area contributed by atoms with E-state index in [1.165, 1.54) is 24.1 Å². The number of hydrogen-bond acceptors (Lipinski definition) is 5. The molecule has 150 valence electrons. The van der Waals surface area contributed by atoms with Crippen LogP contribution in [0.3, 0.4) is 0 Å². The summed E-state index contributed by atoms with van der Waals surface area (Å²) in [4.78, 5) is 14.1. The number of methoxy groups -OCH3 is 2. The molecule has 1 aliphatic rings. The van der Waals surface area contributed by atoms with Gasteiger partial charge in [0.1, 0.15) is 23.8 Å². The van der Waals surface area contributed by atoms with Crippen LogP contribution < -0.4 is 14.2 Å². The van der Waals surface area contributed by atoms with E-state index in [1.54, 1.807) is 25.3 Å². The van der Waals surface area contributed by atoms with E-state index in [4.69, 9.17) is 25.8 Å². The van der Waals surface area contributed by atoms with E-state index in [0.717, 1.165) is 6.07 Å². The monoisotopic (exact) mass is 409 g/mol. The molecule has 2 atom stereocenters. The highest BCUT2D eigenvalue weighted by Gasteiger charge is 2.32. The minimum Gasteiger partial charge on any atom is -0.493 e. The molecule has 1 amide bonds. The fourth-order valence-electron chi connectivity index (χ4n) is 3.11. The molecule has 1 fully saturated rings. The molecule has 0 saturated carbocycles. The summed E-state index contributed by atoms with van der Waals surface area (Å²) in [6.07, 6.45) is -0.906. The molecule has 1 heterocycles. The molecule has 1 N–H and O–H groups in total. The maximum Gasteiger partial charge on any atom is 0.254 e. The number of ether oxygens (including phenoxy) is 3. The molecule has 1 saturated heterocycles. The summed E-state index contributed by atoms with van der Waals surface area (Å²) in [5, 5.41) is 10.3. The Morgan fingerprint density at radius 2 is 1.93 bits per heavy atom. The van der Waals surface area contributed by atoms with E-state index in [0.29, 0.717) is 30.2 Å². The fourth-order valence-corrected chi connectivity index (χ4v) is 3.29. The molecule has 0 aliphatic carbocycles. The molecule has 0 spiro atoms. The molecule has 0 bridgehead atoms. The van der Waals surface area contributed by atoms with Crippen molar-refractivity contribution in [3.8, 4) is 17.2 Å². The number of nitrogens with zero attached hydrogens (tertiary/aromatic N) is 1. The predicted molar refractivity (Wildman–Crippen MR) is 102 cm³/mol. The molecule has 2 aromatic carbocycles. The number of aliphatic hydroxyl groups is 1. The van der Waals surface area contributed by atoms with Crippen molar-refractivity contribution in [2.75, 3.05) is 27.3 Å². The zero-order chi connectivity index (χ0) is 20.3. The second-order valence-corrected chi connectivity index (χ2v) is 6.82. The number of rotatable bonds is 5. The lowest BCUT2D eigenvalue weighted by Crippen LogP contribution is -2.51. The Bertz CT molecular complexity index is 862. The summed E-state index contributed by atoms with van der Waals surface area (Å²) in [5.74, 6) is 0.738. The van der Waals surface area contributed by atoms with Gasteiger partial charge in [-0.1, -0.05) is 11.6 Å². The smallest absolute Gasteiger partial charge is 0.254 e. The van der Waals surface area contributed by atoms with Crippen LogP contribution >= 0.6 is 11.6 Å². The number of likely N-dealkylation sites (tertiary alicyclic amines) is 1. The van der Waals surface area contributed by atoms with Gasteiger partial charge in [0.15, 0.2) is 11.5 Å². The molecular weight excluding hydrogens is 389 g/mol. The van der Waals surface area contributed by atoms with Crippen molar-refractivity contribution in [3.63, 3.8) is 0 Å². The number of benzene rings is 2. The average molecular weight is 410 g/mol. The van der Waals surface area contributed by atoms with Gasteiger partial charge in [0.25, 0.3) is 5.91 Å². The Morgan fingerprint density at radius 3 is 2.57 bits per heavy atom. The van der Waals surface area contributed by atoms with Crippen molar-refractivity contribution in [2.45, 2.75) is 18.6 Å². The van der Waals surface area contributed by atoms with E-state index < -0.39 is 18.0 Å². The van der Waals surface area contributed by atoms with Gasteiger partial charge >= 0.3 is 0 Å². The van der Waals surface area contributed by atoms with Gasteiger partial charge in [-0.05, 0) is 30.3 Å². The number of aliphatic hydroxyl groups excluding tert-OH is 1. The van der Waals surface area contributed by atoms with E-state index in [9.17, 15) is 14.3 Å². The van der Waals surface area contributed by atoms with Crippen molar-refractivity contribution >= 4 is 17.5 Å².